The molecule has 0 aromatic heterocycles. The standard InChI is InChI=1S/C11H12O/c1-8-3-2-4-9(5-8)11-6-10(11)7-12/h2-5,7,10-11H,6H2,1H3. The van der Waals surface area contributed by atoms with Crippen LogP contribution in [0.15, 0.2) is 24.3 Å². The maximum atomic E-state index is 10.4. The van der Waals surface area contributed by atoms with Crippen LogP contribution in [0.25, 0.3) is 0 Å². The molecule has 0 N–H and O–H groups in total. The number of rotatable bonds is 2. The Morgan fingerprint density at radius 2 is 2.33 bits per heavy atom. The van der Waals surface area contributed by atoms with Crippen molar-refractivity contribution in [3.63, 3.8) is 0 Å². The van der Waals surface area contributed by atoms with Crippen molar-refractivity contribution in [2.45, 2.75) is 19.3 Å². The summed E-state index contributed by atoms with van der Waals surface area (Å²) in [5, 5.41) is 0. The average Bonchev–Trinajstić information content (AvgIpc) is 2.83. The van der Waals surface area contributed by atoms with Gasteiger partial charge in [-0.25, -0.2) is 0 Å². The van der Waals surface area contributed by atoms with E-state index in [2.05, 4.69) is 31.2 Å². The molecule has 1 nitrogen and oxygen atoms in total. The molecule has 62 valence electrons. The topological polar surface area (TPSA) is 17.1 Å². The molecule has 1 aliphatic rings. The third kappa shape index (κ3) is 1.27. The van der Waals surface area contributed by atoms with Crippen LogP contribution in [0.4, 0.5) is 0 Å². The van der Waals surface area contributed by atoms with Gasteiger partial charge in [-0.05, 0) is 24.8 Å². The van der Waals surface area contributed by atoms with Crippen LogP contribution in [-0.4, -0.2) is 6.29 Å². The van der Waals surface area contributed by atoms with Crippen molar-refractivity contribution in [3.8, 4) is 0 Å². The summed E-state index contributed by atoms with van der Waals surface area (Å²) in [6.45, 7) is 2.09. The quantitative estimate of drug-likeness (QED) is 0.607. The highest BCUT2D eigenvalue weighted by atomic mass is 16.1. The van der Waals surface area contributed by atoms with E-state index in [-0.39, 0.29) is 0 Å². The molecule has 2 unspecified atom stereocenters. The molecular weight excluding hydrogens is 148 g/mol. The Hall–Kier alpha value is -1.11. The van der Waals surface area contributed by atoms with Crippen molar-refractivity contribution in [1.29, 1.82) is 0 Å². The monoisotopic (exact) mass is 160 g/mol. The first kappa shape index (κ1) is 7.53. The van der Waals surface area contributed by atoms with Gasteiger partial charge in [0.25, 0.3) is 0 Å². The molecule has 0 aliphatic heterocycles. The predicted molar refractivity (Wildman–Crippen MR) is 48.1 cm³/mol. The van der Waals surface area contributed by atoms with E-state index in [4.69, 9.17) is 0 Å². The second kappa shape index (κ2) is 2.74. The molecule has 0 spiro atoms. The molecular formula is C11H12O. The predicted octanol–water partition coefficient (Wildman–Crippen LogP) is 2.30. The third-order valence-corrected chi connectivity index (χ3v) is 2.48. The van der Waals surface area contributed by atoms with Crippen LogP contribution in [0.3, 0.4) is 0 Å². The SMILES string of the molecule is Cc1cccc(C2CC2C=O)c1. The zero-order valence-electron chi connectivity index (χ0n) is 7.16. The van der Waals surface area contributed by atoms with Crippen molar-refractivity contribution < 1.29 is 4.79 Å². The Morgan fingerprint density at radius 1 is 1.50 bits per heavy atom. The van der Waals surface area contributed by atoms with Gasteiger partial charge in [0.1, 0.15) is 6.29 Å². The van der Waals surface area contributed by atoms with E-state index in [0.717, 1.165) is 12.7 Å². The second-order valence-electron chi connectivity index (χ2n) is 3.56. The first-order valence-electron chi connectivity index (χ1n) is 4.33. The number of aldehydes is 1. The lowest BCUT2D eigenvalue weighted by atomic mass is 10.1. The molecule has 2 atom stereocenters. The maximum absolute atomic E-state index is 10.4. The maximum Gasteiger partial charge on any atom is 0.123 e. The minimum Gasteiger partial charge on any atom is -0.303 e. The molecule has 1 aromatic carbocycles. The fourth-order valence-electron chi connectivity index (χ4n) is 1.65. The van der Waals surface area contributed by atoms with E-state index >= 15 is 0 Å². The minimum atomic E-state index is 0.298. The molecule has 2 rings (SSSR count). The minimum absolute atomic E-state index is 0.298. The first-order chi connectivity index (χ1) is 5.81. The van der Waals surface area contributed by atoms with Gasteiger partial charge in [-0.2, -0.15) is 0 Å². The highest BCUT2D eigenvalue weighted by Gasteiger charge is 2.37. The largest absolute Gasteiger partial charge is 0.303 e. The van der Waals surface area contributed by atoms with Gasteiger partial charge in [0.15, 0.2) is 0 Å². The van der Waals surface area contributed by atoms with E-state index in [9.17, 15) is 4.79 Å². The third-order valence-electron chi connectivity index (χ3n) is 2.48. The van der Waals surface area contributed by atoms with Crippen LogP contribution < -0.4 is 0 Å². The Kier molecular flexibility index (Phi) is 1.72. The van der Waals surface area contributed by atoms with Gasteiger partial charge in [0.05, 0.1) is 0 Å². The molecule has 0 bridgehead atoms. The van der Waals surface area contributed by atoms with Crippen LogP contribution in [0.2, 0.25) is 0 Å². The van der Waals surface area contributed by atoms with Crippen LogP contribution in [0, 0.1) is 12.8 Å². The van der Waals surface area contributed by atoms with E-state index in [1.807, 2.05) is 0 Å². The Labute approximate surface area is 72.4 Å². The lowest BCUT2D eigenvalue weighted by Gasteiger charge is -1.98. The molecule has 1 aliphatic carbocycles. The molecule has 0 radical (unpaired) electrons. The number of aryl methyl sites for hydroxylation is 1. The Bertz CT molecular complexity index is 304. The van der Waals surface area contributed by atoms with Crippen LogP contribution in [-0.2, 0) is 4.79 Å². The van der Waals surface area contributed by atoms with E-state index in [1.165, 1.54) is 11.1 Å². The summed E-state index contributed by atoms with van der Waals surface area (Å²) < 4.78 is 0. The van der Waals surface area contributed by atoms with E-state index in [0.29, 0.717) is 11.8 Å². The second-order valence-corrected chi connectivity index (χ2v) is 3.56. The van der Waals surface area contributed by atoms with Crippen LogP contribution >= 0.6 is 0 Å². The lowest BCUT2D eigenvalue weighted by Crippen LogP contribution is -1.84. The van der Waals surface area contributed by atoms with Crippen LogP contribution in [0.5, 0.6) is 0 Å². The molecule has 0 amide bonds. The van der Waals surface area contributed by atoms with Crippen molar-refractivity contribution >= 4 is 6.29 Å². The Morgan fingerprint density at radius 3 is 2.92 bits per heavy atom. The highest BCUT2D eigenvalue weighted by molar-refractivity contribution is 5.61. The summed E-state index contributed by atoms with van der Waals surface area (Å²) in [6, 6.07) is 8.43. The fourth-order valence-corrected chi connectivity index (χ4v) is 1.65. The number of hydrogen-bond acceptors (Lipinski definition) is 1. The molecule has 1 heteroatoms. The molecule has 12 heavy (non-hydrogen) atoms. The highest BCUT2D eigenvalue weighted by Crippen LogP contribution is 2.45. The number of benzene rings is 1. The smallest absolute Gasteiger partial charge is 0.123 e. The summed E-state index contributed by atoms with van der Waals surface area (Å²) in [6.07, 6.45) is 2.12. The van der Waals surface area contributed by atoms with Crippen molar-refractivity contribution in [3.05, 3.63) is 35.4 Å². The Balaban J connectivity index is 2.19. The van der Waals surface area contributed by atoms with E-state index in [1.54, 1.807) is 0 Å². The molecule has 1 aromatic rings. The van der Waals surface area contributed by atoms with Gasteiger partial charge < -0.3 is 4.79 Å². The van der Waals surface area contributed by atoms with Gasteiger partial charge >= 0.3 is 0 Å². The van der Waals surface area contributed by atoms with E-state index < -0.39 is 0 Å². The van der Waals surface area contributed by atoms with Gasteiger partial charge in [-0.1, -0.05) is 29.8 Å². The number of carbonyl (C=O) groups is 1. The van der Waals surface area contributed by atoms with Gasteiger partial charge in [0, 0.05) is 5.92 Å². The molecule has 0 saturated heterocycles. The zero-order chi connectivity index (χ0) is 8.55. The summed E-state index contributed by atoms with van der Waals surface area (Å²) >= 11 is 0. The van der Waals surface area contributed by atoms with Gasteiger partial charge in [-0.3, -0.25) is 0 Å². The summed E-state index contributed by atoms with van der Waals surface area (Å²) in [4.78, 5) is 10.4. The fraction of sp³-hybridized carbons (Fsp3) is 0.364. The normalized spacial score (nSPS) is 26.8. The molecule has 1 saturated carbocycles. The van der Waals surface area contributed by atoms with Crippen molar-refractivity contribution in [2.75, 3.05) is 0 Å². The summed E-state index contributed by atoms with van der Waals surface area (Å²) in [5.74, 6) is 0.814. The zero-order valence-corrected chi connectivity index (χ0v) is 7.16. The number of hydrogen-bond donors (Lipinski definition) is 0. The van der Waals surface area contributed by atoms with Gasteiger partial charge in [-0.15, -0.1) is 0 Å². The lowest BCUT2D eigenvalue weighted by molar-refractivity contribution is -0.108. The van der Waals surface area contributed by atoms with Crippen molar-refractivity contribution in [2.24, 2.45) is 5.92 Å². The summed E-state index contributed by atoms with van der Waals surface area (Å²) in [5.41, 5.74) is 2.61. The van der Waals surface area contributed by atoms with Crippen molar-refractivity contribution in [1.82, 2.24) is 0 Å². The average molecular weight is 160 g/mol. The van der Waals surface area contributed by atoms with Gasteiger partial charge in [0.2, 0.25) is 0 Å². The molecule has 1 fully saturated rings. The molecule has 0 heterocycles. The van der Waals surface area contributed by atoms with Crippen LogP contribution in [0.1, 0.15) is 23.5 Å². The first-order valence-corrected chi connectivity index (χ1v) is 4.33. The number of carbonyl (C=O) groups excluding carboxylic acids is 1. The summed E-state index contributed by atoms with van der Waals surface area (Å²) in [7, 11) is 0.